The van der Waals surface area contributed by atoms with Gasteiger partial charge in [0, 0.05) is 0 Å². The first-order valence-corrected chi connectivity index (χ1v) is 6.17. The third kappa shape index (κ3) is 2.96. The zero-order chi connectivity index (χ0) is 11.0. The van der Waals surface area contributed by atoms with Crippen molar-refractivity contribution >= 4 is 38.7 Å². The minimum atomic E-state index is -4.15. The van der Waals surface area contributed by atoms with Gasteiger partial charge in [0.15, 0.2) is 0 Å². The largest absolute Gasteiger partial charge is 0.304 e. The fraction of sp³-hybridized carbons (Fsp3) is 0.143. The van der Waals surface area contributed by atoms with Crippen molar-refractivity contribution < 1.29 is 13.0 Å². The van der Waals surface area contributed by atoms with E-state index in [4.69, 9.17) is 10.3 Å². The molecule has 78 valence electrons. The number of nitrogens with two attached hydrogens (primary N) is 1. The maximum Gasteiger partial charge on any atom is 0.294 e. The smallest absolute Gasteiger partial charge is 0.294 e. The second kappa shape index (κ2) is 3.82. The fourth-order valence-electron chi connectivity index (χ4n) is 0.861. The van der Waals surface area contributed by atoms with Crippen LogP contribution in [0.2, 0.25) is 0 Å². The quantitative estimate of drug-likeness (QED) is 0.253. The van der Waals surface area contributed by atoms with Gasteiger partial charge in [-0.15, -0.1) is 12.6 Å². The van der Waals surface area contributed by atoms with Gasteiger partial charge in [0.1, 0.15) is 3.78 Å². The highest BCUT2D eigenvalue weighted by atomic mass is 79.9. The van der Waals surface area contributed by atoms with Crippen molar-refractivity contribution in [1.82, 2.24) is 0 Å². The highest BCUT2D eigenvalue weighted by molar-refractivity contribution is 9.11. The summed E-state index contributed by atoms with van der Waals surface area (Å²) in [5.74, 6) is 0. The molecule has 3 N–H and O–H groups in total. The van der Waals surface area contributed by atoms with E-state index in [2.05, 4.69) is 28.6 Å². The Morgan fingerprint density at radius 2 is 1.79 bits per heavy atom. The molecule has 0 spiro atoms. The van der Waals surface area contributed by atoms with Crippen LogP contribution in [-0.2, 0) is 13.9 Å². The normalized spacial score (nSPS) is 16.3. The molecule has 0 amide bonds. The highest BCUT2D eigenvalue weighted by Gasteiger charge is 2.18. The van der Waals surface area contributed by atoms with Gasteiger partial charge in [-0.3, -0.25) is 4.55 Å². The maximum absolute atomic E-state index is 10.7. The third-order valence-corrected chi connectivity index (χ3v) is 3.14. The Morgan fingerprint density at radius 3 is 2.07 bits per heavy atom. The monoisotopic (exact) mass is 297 g/mol. The van der Waals surface area contributed by atoms with Crippen LogP contribution in [0.4, 0.5) is 0 Å². The zero-order valence-electron chi connectivity index (χ0n) is 6.88. The lowest BCUT2D eigenvalue weighted by Gasteiger charge is -2.15. The van der Waals surface area contributed by atoms with Crippen molar-refractivity contribution in [3.05, 3.63) is 29.8 Å². The summed E-state index contributed by atoms with van der Waals surface area (Å²) < 4.78 is 29.1. The lowest BCUT2D eigenvalue weighted by molar-refractivity contribution is 0.483. The Hall–Kier alpha value is -0.0800. The van der Waals surface area contributed by atoms with Crippen molar-refractivity contribution in [3.63, 3.8) is 0 Å². The molecule has 0 heterocycles. The topological polar surface area (TPSA) is 80.4 Å². The van der Waals surface area contributed by atoms with E-state index >= 15 is 0 Å². The van der Waals surface area contributed by atoms with Crippen molar-refractivity contribution in [2.45, 2.75) is 8.68 Å². The van der Waals surface area contributed by atoms with Crippen LogP contribution in [0.15, 0.2) is 29.2 Å². The molecule has 0 radical (unpaired) electrons. The predicted octanol–water partition coefficient (Wildman–Crippen LogP) is 1.33. The van der Waals surface area contributed by atoms with Gasteiger partial charge in [0.25, 0.3) is 10.1 Å². The Labute approximate surface area is 95.8 Å². The fourth-order valence-corrected chi connectivity index (χ4v) is 1.75. The summed E-state index contributed by atoms with van der Waals surface area (Å²) in [6, 6.07) is 5.43. The van der Waals surface area contributed by atoms with Gasteiger partial charge in [0.2, 0.25) is 0 Å². The molecule has 0 aromatic heterocycles. The SMILES string of the molecule is NC(S)(Br)c1ccc(S(=O)(=O)O)cc1. The van der Waals surface area contributed by atoms with Gasteiger partial charge in [-0.25, -0.2) is 0 Å². The molecule has 1 unspecified atom stereocenters. The van der Waals surface area contributed by atoms with Crippen LogP contribution >= 0.6 is 28.6 Å². The van der Waals surface area contributed by atoms with Crippen molar-refractivity contribution in [2.24, 2.45) is 5.73 Å². The Bertz CT molecular complexity index is 421. The van der Waals surface area contributed by atoms with Crippen molar-refractivity contribution in [3.8, 4) is 0 Å². The van der Waals surface area contributed by atoms with Crippen LogP contribution in [0.1, 0.15) is 5.56 Å². The zero-order valence-corrected chi connectivity index (χ0v) is 10.2. The average Bonchev–Trinajstić information content (AvgIpc) is 2.01. The summed E-state index contributed by atoms with van der Waals surface area (Å²) in [6.45, 7) is 0. The molecular formula is C7H8BrNO3S2. The van der Waals surface area contributed by atoms with E-state index in [9.17, 15) is 8.42 Å². The first-order chi connectivity index (χ1) is 6.21. The number of benzene rings is 1. The Balaban J connectivity index is 3.14. The molecule has 7 heteroatoms. The van der Waals surface area contributed by atoms with E-state index in [1.165, 1.54) is 24.3 Å². The molecule has 14 heavy (non-hydrogen) atoms. The van der Waals surface area contributed by atoms with Crippen LogP contribution in [0.5, 0.6) is 0 Å². The predicted molar refractivity (Wildman–Crippen MR) is 60.0 cm³/mol. The number of alkyl halides is 1. The average molecular weight is 298 g/mol. The molecule has 0 saturated heterocycles. The van der Waals surface area contributed by atoms with Crippen molar-refractivity contribution in [1.29, 1.82) is 0 Å². The molecule has 0 fully saturated rings. The Morgan fingerprint density at radius 1 is 1.36 bits per heavy atom. The van der Waals surface area contributed by atoms with Crippen LogP contribution in [0.25, 0.3) is 0 Å². The molecule has 0 saturated carbocycles. The summed E-state index contributed by atoms with van der Waals surface area (Å²) in [5.41, 5.74) is 6.18. The van der Waals surface area contributed by atoms with Gasteiger partial charge in [-0.2, -0.15) is 8.42 Å². The summed E-state index contributed by atoms with van der Waals surface area (Å²) in [7, 11) is -4.15. The number of halogens is 1. The van der Waals surface area contributed by atoms with Gasteiger partial charge in [0.05, 0.1) is 4.90 Å². The molecule has 0 aliphatic heterocycles. The molecule has 1 rings (SSSR count). The van der Waals surface area contributed by atoms with Gasteiger partial charge >= 0.3 is 0 Å². The van der Waals surface area contributed by atoms with Gasteiger partial charge in [-0.05, 0) is 17.7 Å². The number of hydrogen-bond donors (Lipinski definition) is 3. The van der Waals surface area contributed by atoms with E-state index in [1.54, 1.807) is 0 Å². The molecule has 1 aromatic carbocycles. The second-order valence-corrected chi connectivity index (χ2v) is 6.66. The van der Waals surface area contributed by atoms with Crippen LogP contribution in [0.3, 0.4) is 0 Å². The van der Waals surface area contributed by atoms with Gasteiger partial charge < -0.3 is 5.73 Å². The molecule has 0 aliphatic carbocycles. The molecular weight excluding hydrogens is 290 g/mol. The van der Waals surface area contributed by atoms with Crippen molar-refractivity contribution in [2.75, 3.05) is 0 Å². The summed E-state index contributed by atoms with van der Waals surface area (Å²) in [6.07, 6.45) is 0. The Kier molecular flexibility index (Phi) is 3.27. The minimum Gasteiger partial charge on any atom is -0.304 e. The van der Waals surface area contributed by atoms with E-state index in [1.807, 2.05) is 0 Å². The molecule has 0 aliphatic rings. The van der Waals surface area contributed by atoms with Crippen LogP contribution in [-0.4, -0.2) is 13.0 Å². The first-order valence-electron chi connectivity index (χ1n) is 3.49. The standard InChI is InChI=1S/C7H8BrNO3S2/c8-7(9,13)5-1-3-6(4-2-5)14(10,11)12/h1-4,13H,9H2,(H,10,11,12). The van der Waals surface area contributed by atoms with E-state index < -0.39 is 13.9 Å². The second-order valence-electron chi connectivity index (χ2n) is 2.67. The number of thiol groups is 1. The lowest BCUT2D eigenvalue weighted by atomic mass is 10.2. The first kappa shape index (κ1) is 12.0. The highest BCUT2D eigenvalue weighted by Crippen LogP contribution is 2.29. The molecule has 4 nitrogen and oxygen atoms in total. The number of rotatable bonds is 2. The minimum absolute atomic E-state index is 0.175. The molecule has 1 aromatic rings. The van der Waals surface area contributed by atoms with E-state index in [0.29, 0.717) is 5.56 Å². The van der Waals surface area contributed by atoms with Crippen LogP contribution < -0.4 is 5.73 Å². The van der Waals surface area contributed by atoms with E-state index in [0.717, 1.165) is 0 Å². The van der Waals surface area contributed by atoms with E-state index in [-0.39, 0.29) is 4.90 Å². The number of hydrogen-bond acceptors (Lipinski definition) is 4. The van der Waals surface area contributed by atoms with Gasteiger partial charge in [-0.1, -0.05) is 28.1 Å². The maximum atomic E-state index is 10.7. The lowest BCUT2D eigenvalue weighted by Crippen LogP contribution is -2.21. The van der Waals surface area contributed by atoms with Crippen LogP contribution in [0, 0.1) is 0 Å². The molecule has 1 atom stereocenters. The third-order valence-electron chi connectivity index (χ3n) is 1.56. The summed E-state index contributed by atoms with van der Waals surface area (Å²) in [4.78, 5) is -0.175. The molecule has 0 bridgehead atoms. The summed E-state index contributed by atoms with van der Waals surface area (Å²) in [5, 5.41) is 0. The summed E-state index contributed by atoms with van der Waals surface area (Å²) >= 11 is 7.13.